The van der Waals surface area contributed by atoms with Gasteiger partial charge in [0.1, 0.15) is 0 Å². The highest BCUT2D eigenvalue weighted by Crippen LogP contribution is 2.15. The van der Waals surface area contributed by atoms with Gasteiger partial charge in [-0.2, -0.15) is 5.10 Å². The number of likely N-dealkylation sites (tertiary alicyclic amines) is 1. The lowest BCUT2D eigenvalue weighted by atomic mass is 9.97. The smallest absolute Gasteiger partial charge is 0.0706 e. The molecule has 0 aromatic carbocycles. The SMILES string of the molecule is CN1CCC(CNCc2cnn3ccccc23)CC1. The van der Waals surface area contributed by atoms with Crippen LogP contribution in [0.15, 0.2) is 30.6 Å². The molecule has 0 unspecified atom stereocenters. The zero-order valence-corrected chi connectivity index (χ0v) is 11.5. The fourth-order valence-electron chi connectivity index (χ4n) is 2.80. The molecule has 3 heterocycles. The Balaban J connectivity index is 1.52. The molecule has 0 aliphatic carbocycles. The largest absolute Gasteiger partial charge is 0.312 e. The molecule has 4 nitrogen and oxygen atoms in total. The van der Waals surface area contributed by atoms with Crippen molar-refractivity contribution in [1.29, 1.82) is 0 Å². The van der Waals surface area contributed by atoms with Crippen LogP contribution < -0.4 is 5.32 Å². The highest BCUT2D eigenvalue weighted by atomic mass is 15.2. The van der Waals surface area contributed by atoms with Gasteiger partial charge in [-0.1, -0.05) is 6.07 Å². The summed E-state index contributed by atoms with van der Waals surface area (Å²) in [4.78, 5) is 2.42. The summed E-state index contributed by atoms with van der Waals surface area (Å²) in [5, 5.41) is 7.96. The first-order chi connectivity index (χ1) is 9.33. The fraction of sp³-hybridized carbons (Fsp3) is 0.533. The van der Waals surface area contributed by atoms with Crippen molar-refractivity contribution in [3.63, 3.8) is 0 Å². The predicted molar refractivity (Wildman–Crippen MR) is 77.1 cm³/mol. The lowest BCUT2D eigenvalue weighted by Crippen LogP contribution is -2.34. The number of hydrogen-bond donors (Lipinski definition) is 1. The van der Waals surface area contributed by atoms with Gasteiger partial charge in [0.2, 0.25) is 0 Å². The van der Waals surface area contributed by atoms with E-state index in [2.05, 4.69) is 34.5 Å². The summed E-state index contributed by atoms with van der Waals surface area (Å²) in [6.07, 6.45) is 6.60. The summed E-state index contributed by atoms with van der Waals surface area (Å²) < 4.78 is 1.94. The Kier molecular flexibility index (Phi) is 3.80. The topological polar surface area (TPSA) is 32.6 Å². The van der Waals surface area contributed by atoms with Gasteiger partial charge < -0.3 is 10.2 Å². The molecule has 19 heavy (non-hydrogen) atoms. The minimum absolute atomic E-state index is 0.832. The average molecular weight is 258 g/mol. The monoisotopic (exact) mass is 258 g/mol. The van der Waals surface area contributed by atoms with Crippen LogP contribution in [0.5, 0.6) is 0 Å². The van der Waals surface area contributed by atoms with Crippen molar-refractivity contribution in [2.45, 2.75) is 19.4 Å². The van der Waals surface area contributed by atoms with Gasteiger partial charge in [0.05, 0.1) is 11.7 Å². The van der Waals surface area contributed by atoms with Crippen molar-refractivity contribution in [1.82, 2.24) is 19.8 Å². The van der Waals surface area contributed by atoms with E-state index in [1.165, 1.54) is 37.0 Å². The van der Waals surface area contributed by atoms with Crippen LogP contribution in [0.2, 0.25) is 0 Å². The highest BCUT2D eigenvalue weighted by Gasteiger charge is 2.16. The van der Waals surface area contributed by atoms with Crippen molar-refractivity contribution in [3.8, 4) is 0 Å². The van der Waals surface area contributed by atoms with Crippen molar-refractivity contribution in [2.24, 2.45) is 5.92 Å². The molecular weight excluding hydrogens is 236 g/mol. The fourth-order valence-corrected chi connectivity index (χ4v) is 2.80. The van der Waals surface area contributed by atoms with Crippen molar-refractivity contribution >= 4 is 5.52 Å². The maximum Gasteiger partial charge on any atom is 0.0706 e. The van der Waals surface area contributed by atoms with Crippen LogP contribution in [0.4, 0.5) is 0 Å². The molecule has 1 N–H and O–H groups in total. The Morgan fingerprint density at radius 3 is 3.00 bits per heavy atom. The second kappa shape index (κ2) is 5.72. The van der Waals surface area contributed by atoms with Crippen LogP contribution in [0.3, 0.4) is 0 Å². The predicted octanol–water partition coefficient (Wildman–Crippen LogP) is 1.77. The molecule has 0 saturated carbocycles. The third-order valence-corrected chi connectivity index (χ3v) is 4.09. The van der Waals surface area contributed by atoms with Gasteiger partial charge in [0, 0.05) is 18.3 Å². The van der Waals surface area contributed by atoms with Crippen molar-refractivity contribution in [3.05, 3.63) is 36.2 Å². The first-order valence-corrected chi connectivity index (χ1v) is 7.13. The number of nitrogens with zero attached hydrogens (tertiary/aromatic N) is 3. The molecule has 4 heteroatoms. The third-order valence-electron chi connectivity index (χ3n) is 4.09. The molecule has 2 aromatic heterocycles. The number of fused-ring (bicyclic) bond motifs is 1. The molecule has 2 aromatic rings. The van der Waals surface area contributed by atoms with Gasteiger partial charge in [-0.15, -0.1) is 0 Å². The van der Waals surface area contributed by atoms with Gasteiger partial charge in [0.15, 0.2) is 0 Å². The summed E-state index contributed by atoms with van der Waals surface area (Å²) in [6, 6.07) is 6.20. The summed E-state index contributed by atoms with van der Waals surface area (Å²) in [6.45, 7) is 4.52. The van der Waals surface area contributed by atoms with E-state index in [4.69, 9.17) is 0 Å². The summed E-state index contributed by atoms with van der Waals surface area (Å²) >= 11 is 0. The molecule has 3 rings (SSSR count). The number of nitrogens with one attached hydrogen (secondary N) is 1. The van der Waals surface area contributed by atoms with Crippen LogP contribution in [-0.4, -0.2) is 41.2 Å². The molecule has 0 radical (unpaired) electrons. The summed E-state index contributed by atoms with van der Waals surface area (Å²) in [7, 11) is 2.21. The van der Waals surface area contributed by atoms with E-state index in [1.54, 1.807) is 0 Å². The number of aromatic nitrogens is 2. The zero-order chi connectivity index (χ0) is 13.1. The van der Waals surface area contributed by atoms with Crippen LogP contribution in [0.25, 0.3) is 5.52 Å². The molecule has 1 saturated heterocycles. The maximum absolute atomic E-state index is 4.36. The molecular formula is C15H22N4. The minimum atomic E-state index is 0.832. The van der Waals surface area contributed by atoms with E-state index < -0.39 is 0 Å². The normalized spacial score (nSPS) is 18.2. The minimum Gasteiger partial charge on any atom is -0.312 e. The molecule has 102 valence electrons. The number of piperidine rings is 1. The Hall–Kier alpha value is -1.39. The Bertz CT molecular complexity index is 526. The van der Waals surface area contributed by atoms with E-state index >= 15 is 0 Å². The molecule has 1 fully saturated rings. The number of hydrogen-bond acceptors (Lipinski definition) is 3. The van der Waals surface area contributed by atoms with Gasteiger partial charge in [0.25, 0.3) is 0 Å². The van der Waals surface area contributed by atoms with E-state index in [0.29, 0.717) is 0 Å². The van der Waals surface area contributed by atoms with Crippen molar-refractivity contribution < 1.29 is 0 Å². The zero-order valence-electron chi connectivity index (χ0n) is 11.5. The molecule has 1 aliphatic rings. The van der Waals surface area contributed by atoms with E-state index in [0.717, 1.165) is 19.0 Å². The van der Waals surface area contributed by atoms with Crippen LogP contribution in [0.1, 0.15) is 18.4 Å². The van der Waals surface area contributed by atoms with Gasteiger partial charge in [-0.05, 0) is 57.6 Å². The molecule has 0 atom stereocenters. The Morgan fingerprint density at radius 1 is 1.32 bits per heavy atom. The first kappa shape index (κ1) is 12.6. The maximum atomic E-state index is 4.36. The lowest BCUT2D eigenvalue weighted by Gasteiger charge is -2.29. The lowest BCUT2D eigenvalue weighted by molar-refractivity contribution is 0.216. The average Bonchev–Trinajstić information content (AvgIpc) is 2.85. The second-order valence-electron chi connectivity index (χ2n) is 5.58. The molecule has 1 aliphatic heterocycles. The Labute approximate surface area is 114 Å². The standard InChI is InChI=1S/C15H22N4/c1-18-8-5-13(6-9-18)10-16-11-14-12-17-19-7-3-2-4-15(14)19/h2-4,7,12-13,16H,5-6,8-11H2,1H3. The molecule has 0 amide bonds. The number of rotatable bonds is 4. The van der Waals surface area contributed by atoms with Crippen LogP contribution in [0, 0.1) is 5.92 Å². The molecule has 0 spiro atoms. The van der Waals surface area contributed by atoms with Crippen LogP contribution >= 0.6 is 0 Å². The van der Waals surface area contributed by atoms with Gasteiger partial charge in [-0.3, -0.25) is 0 Å². The summed E-state index contributed by atoms with van der Waals surface area (Å²) in [5.74, 6) is 0.832. The number of pyridine rings is 1. The summed E-state index contributed by atoms with van der Waals surface area (Å²) in [5.41, 5.74) is 2.49. The van der Waals surface area contributed by atoms with E-state index in [1.807, 2.05) is 23.0 Å². The van der Waals surface area contributed by atoms with Crippen LogP contribution in [-0.2, 0) is 6.54 Å². The van der Waals surface area contributed by atoms with E-state index in [-0.39, 0.29) is 0 Å². The quantitative estimate of drug-likeness (QED) is 0.907. The van der Waals surface area contributed by atoms with Gasteiger partial charge in [-0.25, -0.2) is 4.52 Å². The Morgan fingerprint density at radius 2 is 2.16 bits per heavy atom. The third kappa shape index (κ3) is 2.96. The van der Waals surface area contributed by atoms with Gasteiger partial charge >= 0.3 is 0 Å². The van der Waals surface area contributed by atoms with E-state index in [9.17, 15) is 0 Å². The highest BCUT2D eigenvalue weighted by molar-refractivity contribution is 5.53. The molecule has 0 bridgehead atoms. The first-order valence-electron chi connectivity index (χ1n) is 7.13. The van der Waals surface area contributed by atoms with Crippen molar-refractivity contribution in [2.75, 3.05) is 26.7 Å². The second-order valence-corrected chi connectivity index (χ2v) is 5.58.